The average molecular weight is 172 g/mol. The molecule has 2 atom stereocenters. The molecule has 3 nitrogen and oxygen atoms in total. The van der Waals surface area contributed by atoms with Crippen LogP contribution in [0.5, 0.6) is 0 Å². The fourth-order valence-electron chi connectivity index (χ4n) is 1.52. The highest BCUT2D eigenvalue weighted by atomic mass is 16.5. The maximum absolute atomic E-state index is 5.16. The van der Waals surface area contributed by atoms with Crippen molar-refractivity contribution in [1.29, 1.82) is 0 Å². The second-order valence-electron chi connectivity index (χ2n) is 3.70. The molecule has 3 heteroatoms. The highest BCUT2D eigenvalue weighted by Crippen LogP contribution is 2.05. The summed E-state index contributed by atoms with van der Waals surface area (Å²) >= 11 is 0. The minimum absolute atomic E-state index is 0.330. The quantitative estimate of drug-likeness (QED) is 0.661. The third-order valence-corrected chi connectivity index (χ3v) is 2.49. The van der Waals surface area contributed by atoms with Crippen LogP contribution in [-0.4, -0.2) is 50.8 Å². The Balaban J connectivity index is 2.07. The zero-order valence-electron chi connectivity index (χ0n) is 8.34. The lowest BCUT2D eigenvalue weighted by molar-refractivity contribution is 0.114. The molecule has 1 rings (SSSR count). The van der Waals surface area contributed by atoms with Crippen LogP contribution in [0.25, 0.3) is 0 Å². The van der Waals surface area contributed by atoms with Gasteiger partial charge in [0.25, 0.3) is 0 Å². The first-order valence-electron chi connectivity index (χ1n) is 4.67. The molecule has 0 aromatic rings. The van der Waals surface area contributed by atoms with Crippen LogP contribution in [-0.2, 0) is 4.74 Å². The normalized spacial score (nSPS) is 27.8. The molecule has 1 fully saturated rings. The SMILES string of the molecule is CO[C@H](C)CN[C@H]1CCN(C)C1. The van der Waals surface area contributed by atoms with Gasteiger partial charge < -0.3 is 15.0 Å². The van der Waals surface area contributed by atoms with Gasteiger partial charge in [-0.3, -0.25) is 0 Å². The minimum Gasteiger partial charge on any atom is -0.380 e. The van der Waals surface area contributed by atoms with Gasteiger partial charge in [0.15, 0.2) is 0 Å². The van der Waals surface area contributed by atoms with E-state index in [0.717, 1.165) is 6.54 Å². The zero-order chi connectivity index (χ0) is 8.97. The van der Waals surface area contributed by atoms with Crippen LogP contribution in [0.4, 0.5) is 0 Å². The molecule has 0 radical (unpaired) electrons. The van der Waals surface area contributed by atoms with E-state index in [1.165, 1.54) is 19.5 Å². The number of hydrogen-bond acceptors (Lipinski definition) is 3. The molecule has 0 spiro atoms. The Morgan fingerprint density at radius 1 is 1.67 bits per heavy atom. The van der Waals surface area contributed by atoms with Gasteiger partial charge in [0.05, 0.1) is 6.10 Å². The number of ether oxygens (including phenoxy) is 1. The van der Waals surface area contributed by atoms with Gasteiger partial charge in [0.1, 0.15) is 0 Å². The summed E-state index contributed by atoms with van der Waals surface area (Å²) in [6.45, 7) is 5.45. The highest BCUT2D eigenvalue weighted by Gasteiger charge is 2.18. The first-order valence-corrected chi connectivity index (χ1v) is 4.67. The van der Waals surface area contributed by atoms with Gasteiger partial charge in [0, 0.05) is 26.2 Å². The standard InChI is InChI=1S/C9H20N2O/c1-8(12-3)6-10-9-4-5-11(2)7-9/h8-10H,4-7H2,1-3H3/t8-,9+/m1/s1. The first kappa shape index (κ1) is 9.96. The van der Waals surface area contributed by atoms with Crippen molar-refractivity contribution < 1.29 is 4.74 Å². The van der Waals surface area contributed by atoms with E-state index in [2.05, 4.69) is 24.2 Å². The van der Waals surface area contributed by atoms with E-state index in [1.54, 1.807) is 7.11 Å². The maximum Gasteiger partial charge on any atom is 0.0667 e. The molecular weight excluding hydrogens is 152 g/mol. The van der Waals surface area contributed by atoms with Crippen molar-refractivity contribution in [2.24, 2.45) is 0 Å². The Bertz CT molecular complexity index is 130. The second-order valence-corrected chi connectivity index (χ2v) is 3.70. The van der Waals surface area contributed by atoms with Crippen molar-refractivity contribution in [3.8, 4) is 0 Å². The van der Waals surface area contributed by atoms with Crippen LogP contribution in [0.15, 0.2) is 0 Å². The van der Waals surface area contributed by atoms with Crippen LogP contribution in [0, 0.1) is 0 Å². The van der Waals surface area contributed by atoms with Crippen LogP contribution in [0.1, 0.15) is 13.3 Å². The van der Waals surface area contributed by atoms with Gasteiger partial charge in [-0.25, -0.2) is 0 Å². The molecule has 0 unspecified atom stereocenters. The summed E-state index contributed by atoms with van der Waals surface area (Å²) in [7, 11) is 3.93. The molecule has 0 amide bonds. The van der Waals surface area contributed by atoms with E-state index >= 15 is 0 Å². The van der Waals surface area contributed by atoms with E-state index in [1.807, 2.05) is 0 Å². The summed E-state index contributed by atoms with van der Waals surface area (Å²) in [4.78, 5) is 2.36. The Morgan fingerprint density at radius 2 is 2.42 bits per heavy atom. The maximum atomic E-state index is 5.16. The molecule has 0 bridgehead atoms. The molecule has 1 aliphatic rings. The summed E-state index contributed by atoms with van der Waals surface area (Å²) < 4.78 is 5.16. The number of nitrogens with one attached hydrogen (secondary N) is 1. The molecule has 12 heavy (non-hydrogen) atoms. The molecule has 0 aromatic carbocycles. The summed E-state index contributed by atoms with van der Waals surface area (Å²) in [6.07, 6.45) is 1.60. The lowest BCUT2D eigenvalue weighted by Gasteiger charge is -2.15. The number of likely N-dealkylation sites (N-methyl/N-ethyl adjacent to an activating group) is 1. The van der Waals surface area contributed by atoms with Gasteiger partial charge in [-0.15, -0.1) is 0 Å². The fraction of sp³-hybridized carbons (Fsp3) is 1.00. The van der Waals surface area contributed by atoms with Gasteiger partial charge >= 0.3 is 0 Å². The lowest BCUT2D eigenvalue weighted by Crippen LogP contribution is -2.36. The Morgan fingerprint density at radius 3 is 2.92 bits per heavy atom. The third-order valence-electron chi connectivity index (χ3n) is 2.49. The van der Waals surface area contributed by atoms with Crippen LogP contribution >= 0.6 is 0 Å². The van der Waals surface area contributed by atoms with Gasteiger partial charge in [-0.1, -0.05) is 0 Å². The van der Waals surface area contributed by atoms with Crippen molar-refractivity contribution >= 4 is 0 Å². The van der Waals surface area contributed by atoms with Gasteiger partial charge in [-0.05, 0) is 26.9 Å². The summed E-state index contributed by atoms with van der Waals surface area (Å²) in [5, 5.41) is 3.50. The van der Waals surface area contributed by atoms with Crippen molar-refractivity contribution in [2.75, 3.05) is 33.8 Å². The predicted molar refractivity (Wildman–Crippen MR) is 50.4 cm³/mol. The molecule has 1 N–H and O–H groups in total. The topological polar surface area (TPSA) is 24.5 Å². The zero-order valence-corrected chi connectivity index (χ0v) is 8.34. The third kappa shape index (κ3) is 3.09. The molecule has 1 aliphatic heterocycles. The van der Waals surface area contributed by atoms with Crippen LogP contribution in [0.2, 0.25) is 0 Å². The number of likely N-dealkylation sites (tertiary alicyclic amines) is 1. The summed E-state index contributed by atoms with van der Waals surface area (Å²) in [5.74, 6) is 0. The number of rotatable bonds is 4. The van der Waals surface area contributed by atoms with Crippen molar-refractivity contribution in [3.05, 3.63) is 0 Å². The van der Waals surface area contributed by atoms with E-state index in [-0.39, 0.29) is 0 Å². The lowest BCUT2D eigenvalue weighted by atomic mass is 10.2. The smallest absolute Gasteiger partial charge is 0.0667 e. The van der Waals surface area contributed by atoms with E-state index in [0.29, 0.717) is 12.1 Å². The fourth-order valence-corrected chi connectivity index (χ4v) is 1.52. The molecular formula is C9H20N2O. The van der Waals surface area contributed by atoms with Gasteiger partial charge in [0.2, 0.25) is 0 Å². The van der Waals surface area contributed by atoms with Crippen molar-refractivity contribution in [1.82, 2.24) is 10.2 Å². The minimum atomic E-state index is 0.330. The van der Waals surface area contributed by atoms with Crippen LogP contribution < -0.4 is 5.32 Å². The monoisotopic (exact) mass is 172 g/mol. The van der Waals surface area contributed by atoms with Crippen LogP contribution in [0.3, 0.4) is 0 Å². The van der Waals surface area contributed by atoms with Crippen molar-refractivity contribution in [3.63, 3.8) is 0 Å². The molecule has 72 valence electrons. The largest absolute Gasteiger partial charge is 0.380 e. The molecule has 1 saturated heterocycles. The number of hydrogen-bond donors (Lipinski definition) is 1. The van der Waals surface area contributed by atoms with Crippen molar-refractivity contribution in [2.45, 2.75) is 25.5 Å². The highest BCUT2D eigenvalue weighted by molar-refractivity contribution is 4.79. The Labute approximate surface area is 75.1 Å². The molecule has 1 heterocycles. The number of methoxy groups -OCH3 is 1. The molecule has 0 aromatic heterocycles. The van der Waals surface area contributed by atoms with E-state index in [9.17, 15) is 0 Å². The van der Waals surface area contributed by atoms with Gasteiger partial charge in [-0.2, -0.15) is 0 Å². The number of nitrogens with zero attached hydrogens (tertiary/aromatic N) is 1. The first-order chi connectivity index (χ1) is 5.72. The Kier molecular flexibility index (Phi) is 3.98. The predicted octanol–water partition coefficient (Wildman–Crippen LogP) is 0.315. The summed E-state index contributed by atoms with van der Waals surface area (Å²) in [5.41, 5.74) is 0. The summed E-state index contributed by atoms with van der Waals surface area (Å²) in [6, 6.07) is 0.674. The average Bonchev–Trinajstić information content (AvgIpc) is 2.47. The van der Waals surface area contributed by atoms with E-state index < -0.39 is 0 Å². The Hall–Kier alpha value is -0.120. The molecule has 0 aliphatic carbocycles. The molecule has 0 saturated carbocycles. The van der Waals surface area contributed by atoms with E-state index in [4.69, 9.17) is 4.74 Å². The second kappa shape index (κ2) is 4.80.